The lowest BCUT2D eigenvalue weighted by atomic mass is 10.0. The van der Waals surface area contributed by atoms with Crippen LogP contribution in [0.3, 0.4) is 0 Å². The summed E-state index contributed by atoms with van der Waals surface area (Å²) in [6.45, 7) is 2.63. The Hall–Kier alpha value is -1.87. The van der Waals surface area contributed by atoms with Crippen LogP contribution in [0.4, 0.5) is 0 Å². The van der Waals surface area contributed by atoms with Gasteiger partial charge in [0.15, 0.2) is 0 Å². The molecule has 1 fully saturated rings. The van der Waals surface area contributed by atoms with E-state index in [1.807, 2.05) is 18.2 Å². The SMILES string of the molecule is O=C(CC1CCNC1)NCc1cccc2ccccc12. The average molecular weight is 268 g/mol. The summed E-state index contributed by atoms with van der Waals surface area (Å²) in [7, 11) is 0. The summed E-state index contributed by atoms with van der Waals surface area (Å²) in [4.78, 5) is 12.0. The Morgan fingerprint density at radius 3 is 2.90 bits per heavy atom. The van der Waals surface area contributed by atoms with E-state index in [0.29, 0.717) is 18.9 Å². The monoisotopic (exact) mass is 268 g/mol. The fourth-order valence-corrected chi connectivity index (χ4v) is 2.86. The molecule has 1 atom stereocenters. The van der Waals surface area contributed by atoms with Gasteiger partial charge in [0.2, 0.25) is 5.91 Å². The molecule has 1 amide bonds. The number of hydrogen-bond acceptors (Lipinski definition) is 2. The molecule has 0 radical (unpaired) electrons. The molecule has 1 saturated heterocycles. The van der Waals surface area contributed by atoms with Crippen LogP contribution in [0.5, 0.6) is 0 Å². The minimum atomic E-state index is 0.159. The lowest BCUT2D eigenvalue weighted by molar-refractivity contribution is -0.122. The quantitative estimate of drug-likeness (QED) is 0.894. The van der Waals surface area contributed by atoms with Gasteiger partial charge in [-0.25, -0.2) is 0 Å². The number of fused-ring (bicyclic) bond motifs is 1. The lowest BCUT2D eigenvalue weighted by Gasteiger charge is -2.11. The molecule has 0 aromatic heterocycles. The first-order valence-electron chi connectivity index (χ1n) is 7.27. The van der Waals surface area contributed by atoms with E-state index in [4.69, 9.17) is 0 Å². The first kappa shape index (κ1) is 13.1. The first-order valence-corrected chi connectivity index (χ1v) is 7.27. The van der Waals surface area contributed by atoms with Gasteiger partial charge in [-0.3, -0.25) is 4.79 Å². The molecule has 3 heteroatoms. The molecule has 104 valence electrons. The third-order valence-electron chi connectivity index (χ3n) is 3.99. The van der Waals surface area contributed by atoms with Gasteiger partial charge in [-0.15, -0.1) is 0 Å². The van der Waals surface area contributed by atoms with E-state index in [-0.39, 0.29) is 5.91 Å². The fraction of sp³-hybridized carbons (Fsp3) is 0.353. The summed E-state index contributed by atoms with van der Waals surface area (Å²) >= 11 is 0. The highest BCUT2D eigenvalue weighted by Crippen LogP contribution is 2.18. The van der Waals surface area contributed by atoms with Crippen molar-refractivity contribution in [3.05, 3.63) is 48.0 Å². The van der Waals surface area contributed by atoms with Crippen molar-refractivity contribution in [3.8, 4) is 0 Å². The number of nitrogens with one attached hydrogen (secondary N) is 2. The van der Waals surface area contributed by atoms with Gasteiger partial charge in [-0.05, 0) is 41.8 Å². The van der Waals surface area contributed by atoms with Crippen molar-refractivity contribution < 1.29 is 4.79 Å². The molecule has 0 aliphatic carbocycles. The second-order valence-corrected chi connectivity index (χ2v) is 5.48. The Kier molecular flexibility index (Phi) is 3.97. The Bertz CT molecular complexity index is 597. The molecule has 2 aromatic carbocycles. The largest absolute Gasteiger partial charge is 0.352 e. The van der Waals surface area contributed by atoms with Gasteiger partial charge in [0.05, 0.1) is 0 Å². The number of benzene rings is 2. The maximum absolute atomic E-state index is 12.0. The molecule has 0 saturated carbocycles. The normalized spacial score (nSPS) is 18.3. The third-order valence-corrected chi connectivity index (χ3v) is 3.99. The van der Waals surface area contributed by atoms with Crippen LogP contribution in [-0.2, 0) is 11.3 Å². The van der Waals surface area contributed by atoms with E-state index >= 15 is 0 Å². The molecule has 2 aromatic rings. The minimum absolute atomic E-state index is 0.159. The predicted molar refractivity (Wildman–Crippen MR) is 81.4 cm³/mol. The van der Waals surface area contributed by atoms with E-state index in [1.54, 1.807) is 0 Å². The molecule has 3 rings (SSSR count). The van der Waals surface area contributed by atoms with Crippen molar-refractivity contribution in [2.45, 2.75) is 19.4 Å². The third kappa shape index (κ3) is 2.99. The summed E-state index contributed by atoms with van der Waals surface area (Å²) < 4.78 is 0. The molecule has 3 nitrogen and oxygen atoms in total. The second kappa shape index (κ2) is 6.06. The van der Waals surface area contributed by atoms with E-state index in [9.17, 15) is 4.79 Å². The van der Waals surface area contributed by atoms with Crippen LogP contribution in [0.1, 0.15) is 18.4 Å². The van der Waals surface area contributed by atoms with E-state index in [1.165, 1.54) is 16.3 Å². The highest BCUT2D eigenvalue weighted by molar-refractivity contribution is 5.86. The van der Waals surface area contributed by atoms with Gasteiger partial charge in [-0.1, -0.05) is 42.5 Å². The maximum Gasteiger partial charge on any atom is 0.220 e. The van der Waals surface area contributed by atoms with Gasteiger partial charge in [0.25, 0.3) is 0 Å². The highest BCUT2D eigenvalue weighted by atomic mass is 16.1. The summed E-state index contributed by atoms with van der Waals surface area (Å²) in [6, 6.07) is 14.5. The predicted octanol–water partition coefficient (Wildman–Crippen LogP) is 2.46. The number of rotatable bonds is 4. The topological polar surface area (TPSA) is 41.1 Å². The summed E-state index contributed by atoms with van der Waals surface area (Å²) in [5.41, 5.74) is 1.18. The smallest absolute Gasteiger partial charge is 0.220 e. The van der Waals surface area contributed by atoms with Crippen LogP contribution in [0, 0.1) is 5.92 Å². The molecule has 1 aliphatic rings. The van der Waals surface area contributed by atoms with Crippen LogP contribution in [0.25, 0.3) is 10.8 Å². The average Bonchev–Trinajstić information content (AvgIpc) is 2.98. The number of hydrogen-bond donors (Lipinski definition) is 2. The summed E-state index contributed by atoms with van der Waals surface area (Å²) in [5.74, 6) is 0.661. The molecule has 20 heavy (non-hydrogen) atoms. The minimum Gasteiger partial charge on any atom is -0.352 e. The van der Waals surface area contributed by atoms with Crippen molar-refractivity contribution in [1.29, 1.82) is 0 Å². The summed E-state index contributed by atoms with van der Waals surface area (Å²) in [6.07, 6.45) is 1.75. The number of carbonyl (C=O) groups is 1. The number of carbonyl (C=O) groups excluding carboxylic acids is 1. The Morgan fingerprint density at radius 2 is 2.05 bits per heavy atom. The zero-order valence-electron chi connectivity index (χ0n) is 11.6. The number of amides is 1. The van der Waals surface area contributed by atoms with E-state index in [0.717, 1.165) is 19.5 Å². The fourth-order valence-electron chi connectivity index (χ4n) is 2.86. The van der Waals surface area contributed by atoms with Crippen LogP contribution in [0.15, 0.2) is 42.5 Å². The Labute approximate surface area is 119 Å². The molecule has 0 spiro atoms. The van der Waals surface area contributed by atoms with Crippen molar-refractivity contribution in [2.24, 2.45) is 5.92 Å². The van der Waals surface area contributed by atoms with E-state index < -0.39 is 0 Å². The van der Waals surface area contributed by atoms with Crippen LogP contribution >= 0.6 is 0 Å². The van der Waals surface area contributed by atoms with Crippen molar-refractivity contribution in [1.82, 2.24) is 10.6 Å². The maximum atomic E-state index is 12.0. The van der Waals surface area contributed by atoms with E-state index in [2.05, 4.69) is 34.9 Å². The van der Waals surface area contributed by atoms with Crippen LogP contribution in [-0.4, -0.2) is 19.0 Å². The van der Waals surface area contributed by atoms with Gasteiger partial charge in [0, 0.05) is 13.0 Å². The van der Waals surface area contributed by atoms with Gasteiger partial charge in [-0.2, -0.15) is 0 Å². The molecule has 1 heterocycles. The Balaban J connectivity index is 1.63. The van der Waals surface area contributed by atoms with Crippen LogP contribution in [0.2, 0.25) is 0 Å². The van der Waals surface area contributed by atoms with Crippen LogP contribution < -0.4 is 10.6 Å². The zero-order chi connectivity index (χ0) is 13.8. The zero-order valence-corrected chi connectivity index (χ0v) is 11.6. The molecular formula is C17H20N2O. The summed E-state index contributed by atoms with van der Waals surface area (Å²) in [5, 5.41) is 8.79. The highest BCUT2D eigenvalue weighted by Gasteiger charge is 2.17. The molecule has 2 N–H and O–H groups in total. The Morgan fingerprint density at radius 1 is 1.20 bits per heavy atom. The molecular weight excluding hydrogens is 248 g/mol. The van der Waals surface area contributed by atoms with Gasteiger partial charge < -0.3 is 10.6 Å². The molecule has 0 bridgehead atoms. The standard InChI is InChI=1S/C17H20N2O/c20-17(10-13-8-9-18-11-13)19-12-15-6-3-5-14-4-1-2-7-16(14)15/h1-7,13,18H,8-12H2,(H,19,20). The molecule has 1 aliphatic heterocycles. The first-order chi connectivity index (χ1) is 9.83. The van der Waals surface area contributed by atoms with Crippen molar-refractivity contribution in [2.75, 3.05) is 13.1 Å². The lowest BCUT2D eigenvalue weighted by Crippen LogP contribution is -2.25. The van der Waals surface area contributed by atoms with Gasteiger partial charge >= 0.3 is 0 Å². The van der Waals surface area contributed by atoms with Gasteiger partial charge in [0.1, 0.15) is 0 Å². The molecule has 1 unspecified atom stereocenters. The van der Waals surface area contributed by atoms with Crippen molar-refractivity contribution in [3.63, 3.8) is 0 Å². The van der Waals surface area contributed by atoms with Crippen molar-refractivity contribution >= 4 is 16.7 Å². The second-order valence-electron chi connectivity index (χ2n) is 5.48.